The van der Waals surface area contributed by atoms with Gasteiger partial charge in [0.05, 0.1) is 33.0 Å². The van der Waals surface area contributed by atoms with Crippen molar-refractivity contribution in [3.63, 3.8) is 0 Å². The van der Waals surface area contributed by atoms with E-state index < -0.39 is 131 Å². The molecule has 0 amide bonds. The third kappa shape index (κ3) is 7.02. The fraction of sp³-hybridized carbons (Fsp3) is 1.00. The monoisotopic (exact) mass is 578 g/mol. The average molecular weight is 579 g/mol. The molecule has 0 unspecified atom stereocenters. The predicted octanol–water partition coefficient (Wildman–Crippen LogP) is -8.20. The van der Waals surface area contributed by atoms with Gasteiger partial charge in [-0.15, -0.1) is 0 Å². The number of rotatable bonds is 11. The van der Waals surface area contributed by atoms with Crippen molar-refractivity contribution in [1.29, 1.82) is 0 Å². The van der Waals surface area contributed by atoms with Crippen LogP contribution in [0.1, 0.15) is 0 Å². The van der Waals surface area contributed by atoms with E-state index in [0.29, 0.717) is 0 Å². The minimum Gasteiger partial charge on any atom is -0.394 e. The van der Waals surface area contributed by atoms with E-state index in [2.05, 4.69) is 0 Å². The van der Waals surface area contributed by atoms with E-state index in [1.807, 2.05) is 0 Å². The summed E-state index contributed by atoms with van der Waals surface area (Å²) in [5.41, 5.74) is 0. The highest BCUT2D eigenvalue weighted by Crippen LogP contribution is 2.32. The molecule has 3 rings (SSSR count). The van der Waals surface area contributed by atoms with Crippen LogP contribution in [0.5, 0.6) is 0 Å². The lowest BCUT2D eigenvalue weighted by Gasteiger charge is -2.48. The van der Waals surface area contributed by atoms with Crippen LogP contribution in [0.25, 0.3) is 0 Å². The highest BCUT2D eigenvalue weighted by Gasteiger charge is 2.53. The molecule has 18 heteroatoms. The van der Waals surface area contributed by atoms with Crippen molar-refractivity contribution in [2.75, 3.05) is 33.0 Å². The molecule has 3 saturated heterocycles. The number of hydrogen-bond acceptors (Lipinski definition) is 18. The summed E-state index contributed by atoms with van der Waals surface area (Å²) in [7, 11) is 0. The molecule has 0 spiro atoms. The van der Waals surface area contributed by atoms with E-state index in [4.69, 9.17) is 28.4 Å². The minimum atomic E-state index is -1.95. The molecule has 0 radical (unpaired) electrons. The summed E-state index contributed by atoms with van der Waals surface area (Å²) in [5.74, 6) is 0. The van der Waals surface area contributed by atoms with Gasteiger partial charge in [0.15, 0.2) is 18.9 Å². The Morgan fingerprint density at radius 3 is 1.28 bits per heavy atom. The van der Waals surface area contributed by atoms with Crippen LogP contribution in [0.2, 0.25) is 0 Å². The lowest BCUT2D eigenvalue weighted by Crippen LogP contribution is -2.66. The van der Waals surface area contributed by atoms with Gasteiger partial charge in [-0.3, -0.25) is 0 Å². The molecule has 0 aromatic rings. The van der Waals surface area contributed by atoms with Gasteiger partial charge in [-0.2, -0.15) is 0 Å². The fourth-order valence-corrected chi connectivity index (χ4v) is 4.49. The van der Waals surface area contributed by atoms with Crippen molar-refractivity contribution in [1.82, 2.24) is 0 Å². The van der Waals surface area contributed by atoms with Crippen LogP contribution >= 0.6 is 0 Å². The molecule has 3 heterocycles. The van der Waals surface area contributed by atoms with Gasteiger partial charge in [-0.1, -0.05) is 0 Å². The normalized spacial score (nSPS) is 47.5. The van der Waals surface area contributed by atoms with Gasteiger partial charge >= 0.3 is 0 Å². The molecule has 3 fully saturated rings. The predicted molar refractivity (Wildman–Crippen MR) is 118 cm³/mol. The summed E-state index contributed by atoms with van der Waals surface area (Å²) >= 11 is 0. The zero-order chi connectivity index (χ0) is 29.0. The van der Waals surface area contributed by atoms with Crippen molar-refractivity contribution >= 4 is 0 Å². The summed E-state index contributed by atoms with van der Waals surface area (Å²) in [4.78, 5) is 0. The van der Waals surface area contributed by atoms with E-state index in [0.717, 1.165) is 0 Å². The second-order valence-electron chi connectivity index (χ2n) is 9.44. The molecule has 39 heavy (non-hydrogen) atoms. The Morgan fingerprint density at radius 2 is 0.846 bits per heavy atom. The van der Waals surface area contributed by atoms with Gasteiger partial charge in [0.2, 0.25) is 0 Å². The van der Waals surface area contributed by atoms with Crippen molar-refractivity contribution in [3.05, 3.63) is 0 Å². The van der Waals surface area contributed by atoms with Crippen LogP contribution in [0, 0.1) is 0 Å². The van der Waals surface area contributed by atoms with E-state index in [9.17, 15) is 61.3 Å². The molecule has 3 aliphatic heterocycles. The minimum absolute atomic E-state index is 0.641. The van der Waals surface area contributed by atoms with Crippen LogP contribution in [0.15, 0.2) is 0 Å². The quantitative estimate of drug-likeness (QED) is 0.108. The summed E-state index contributed by atoms with van der Waals surface area (Å²) in [6.07, 6.45) is -26.5. The Morgan fingerprint density at radius 1 is 0.462 bits per heavy atom. The van der Waals surface area contributed by atoms with Gasteiger partial charge < -0.3 is 89.7 Å². The molecule has 0 saturated carbocycles. The maximum absolute atomic E-state index is 10.7. The van der Waals surface area contributed by atoms with Crippen molar-refractivity contribution in [3.8, 4) is 0 Å². The summed E-state index contributed by atoms with van der Waals surface area (Å²) in [5, 5.41) is 120. The lowest BCUT2D eigenvalue weighted by molar-refractivity contribution is -0.381. The molecule has 3 aliphatic rings. The van der Waals surface area contributed by atoms with Gasteiger partial charge in [-0.25, -0.2) is 0 Å². The summed E-state index contributed by atoms with van der Waals surface area (Å²) in [6.45, 7) is -3.68. The van der Waals surface area contributed by atoms with E-state index in [1.165, 1.54) is 0 Å². The van der Waals surface area contributed by atoms with Crippen molar-refractivity contribution in [2.45, 2.75) is 98.2 Å². The molecule has 0 aliphatic carbocycles. The third-order valence-corrected chi connectivity index (χ3v) is 6.81. The second kappa shape index (κ2) is 14.4. The topological polar surface area (TPSA) is 298 Å². The van der Waals surface area contributed by atoms with Gasteiger partial charge in [0.25, 0.3) is 0 Å². The Kier molecular flexibility index (Phi) is 12.1. The standard InChI is InChI=1S/C21H38O18/c22-1-6(2-23)34-19-15(32)12(29)17(8(4-25)36-19)39-21-16(33)13(30)18(9(5-26)37-21)38-20-14(31)11(28)10(27)7(3-24)35-20/h6-33H,1-5H2/t7-,8-,9-,10-,11+,12-,13-,14-,15-,16-,17-,18-,19+,20-,21-/m1/s1. The van der Waals surface area contributed by atoms with Crippen LogP contribution in [0.4, 0.5) is 0 Å². The lowest BCUT2D eigenvalue weighted by atomic mass is 9.96. The first kappa shape index (κ1) is 32.8. The highest BCUT2D eigenvalue weighted by atomic mass is 16.8. The largest absolute Gasteiger partial charge is 0.394 e. The van der Waals surface area contributed by atoms with Crippen molar-refractivity contribution in [2.24, 2.45) is 0 Å². The maximum atomic E-state index is 10.7. The third-order valence-electron chi connectivity index (χ3n) is 6.81. The highest BCUT2D eigenvalue weighted by molar-refractivity contribution is 4.96. The maximum Gasteiger partial charge on any atom is 0.187 e. The van der Waals surface area contributed by atoms with Crippen molar-refractivity contribution < 1.29 is 89.7 Å². The Balaban J connectivity index is 1.70. The van der Waals surface area contributed by atoms with Crippen LogP contribution in [-0.2, 0) is 28.4 Å². The van der Waals surface area contributed by atoms with Crippen LogP contribution in [-0.4, -0.2) is 193 Å². The van der Waals surface area contributed by atoms with Crippen LogP contribution < -0.4 is 0 Å². The molecule has 18 nitrogen and oxygen atoms in total. The first-order valence-electron chi connectivity index (χ1n) is 12.3. The molecule has 15 atom stereocenters. The van der Waals surface area contributed by atoms with Gasteiger partial charge in [0.1, 0.15) is 79.4 Å². The molecule has 0 bridgehead atoms. The fourth-order valence-electron chi connectivity index (χ4n) is 4.49. The second-order valence-corrected chi connectivity index (χ2v) is 9.44. The molecule has 0 aromatic heterocycles. The number of ether oxygens (including phenoxy) is 6. The van der Waals surface area contributed by atoms with Crippen LogP contribution in [0.3, 0.4) is 0 Å². The van der Waals surface area contributed by atoms with Gasteiger partial charge in [-0.05, 0) is 0 Å². The Labute approximate surface area is 221 Å². The average Bonchev–Trinajstić information content (AvgIpc) is 2.94. The first-order chi connectivity index (χ1) is 18.5. The number of hydrogen-bond donors (Lipinski definition) is 12. The van der Waals surface area contributed by atoms with E-state index >= 15 is 0 Å². The molecule has 230 valence electrons. The number of aliphatic hydroxyl groups excluding tert-OH is 12. The first-order valence-corrected chi connectivity index (χ1v) is 12.3. The molecular weight excluding hydrogens is 540 g/mol. The number of aliphatic hydroxyl groups is 12. The summed E-state index contributed by atoms with van der Waals surface area (Å²) in [6, 6.07) is 0. The molecule has 12 N–H and O–H groups in total. The van der Waals surface area contributed by atoms with Gasteiger partial charge in [0, 0.05) is 0 Å². The zero-order valence-corrected chi connectivity index (χ0v) is 20.6. The Bertz CT molecular complexity index is 723. The van der Waals surface area contributed by atoms with E-state index in [-0.39, 0.29) is 0 Å². The summed E-state index contributed by atoms with van der Waals surface area (Å²) < 4.78 is 32.3. The zero-order valence-electron chi connectivity index (χ0n) is 20.6. The SMILES string of the molecule is OCC(CO)O[C@H]1O[C@H](CO)[C@@H](O[C@H]2O[C@H](CO)[C@@H](O[C@H]3O[C@H](CO)[C@@H](O)[C@H](O)[C@H]3O)[C@H](O)[C@H]2O)[C@H](O)[C@H]1O. The molecule has 0 aromatic carbocycles. The smallest absolute Gasteiger partial charge is 0.187 e. The van der Waals surface area contributed by atoms with E-state index in [1.54, 1.807) is 0 Å². The Hall–Kier alpha value is -0.720. The molecular formula is C21H38O18.